The van der Waals surface area contributed by atoms with Crippen LogP contribution in [-0.4, -0.2) is 37.4 Å². The zero-order valence-corrected chi connectivity index (χ0v) is 24.6. The van der Waals surface area contributed by atoms with Gasteiger partial charge in [-0.25, -0.2) is 0 Å². The molecule has 0 aliphatic rings. The van der Waals surface area contributed by atoms with Gasteiger partial charge in [-0.2, -0.15) is 0 Å². The van der Waals surface area contributed by atoms with Crippen molar-refractivity contribution < 1.29 is 9.53 Å². The summed E-state index contributed by atoms with van der Waals surface area (Å²) in [5.74, 6) is 0.878. The van der Waals surface area contributed by atoms with Gasteiger partial charge >= 0.3 is 0 Å². The van der Waals surface area contributed by atoms with E-state index in [1.165, 1.54) is 109 Å². The Hall–Kier alpha value is -2.13. The minimum atomic E-state index is 0.0489. The Bertz CT molecular complexity index is 818. The molecule has 0 saturated carbocycles. The average molecular weight is 522 g/mol. The highest BCUT2D eigenvalue weighted by Crippen LogP contribution is 2.16. The molecule has 0 saturated heterocycles. The number of benzene rings is 2. The van der Waals surface area contributed by atoms with Crippen molar-refractivity contribution in [1.29, 1.82) is 0 Å². The fourth-order valence-corrected chi connectivity index (χ4v) is 5.02. The highest BCUT2D eigenvalue weighted by molar-refractivity contribution is 6.08. The molecule has 0 radical (unpaired) electrons. The summed E-state index contributed by atoms with van der Waals surface area (Å²) in [6.07, 6.45) is 23.7. The van der Waals surface area contributed by atoms with E-state index in [1.807, 2.05) is 54.6 Å². The van der Waals surface area contributed by atoms with E-state index in [2.05, 4.69) is 18.9 Å². The van der Waals surface area contributed by atoms with Crippen LogP contribution >= 0.6 is 0 Å². The molecule has 0 N–H and O–H groups in total. The molecule has 3 nitrogen and oxygen atoms in total. The number of nitrogens with zero attached hydrogens (tertiary/aromatic N) is 1. The first-order valence-electron chi connectivity index (χ1n) is 15.7. The number of hydrogen-bond donors (Lipinski definition) is 0. The van der Waals surface area contributed by atoms with E-state index in [9.17, 15) is 4.79 Å². The van der Waals surface area contributed by atoms with Gasteiger partial charge in [-0.3, -0.25) is 4.79 Å². The van der Waals surface area contributed by atoms with Crippen LogP contribution < -0.4 is 4.74 Å². The summed E-state index contributed by atoms with van der Waals surface area (Å²) < 4.78 is 5.89. The lowest BCUT2D eigenvalue weighted by molar-refractivity contribution is 0.103. The molecule has 212 valence electrons. The van der Waals surface area contributed by atoms with Crippen molar-refractivity contribution in [3.63, 3.8) is 0 Å². The van der Waals surface area contributed by atoms with Crippen molar-refractivity contribution in [2.75, 3.05) is 26.7 Å². The van der Waals surface area contributed by atoms with Crippen molar-refractivity contribution in [2.45, 2.75) is 116 Å². The summed E-state index contributed by atoms with van der Waals surface area (Å²) in [6.45, 7) is 5.23. The van der Waals surface area contributed by atoms with Gasteiger partial charge in [0.25, 0.3) is 0 Å². The molecule has 0 aliphatic carbocycles. The fraction of sp³-hybridized carbons (Fsp3) is 0.629. The Balaban J connectivity index is 1.37. The van der Waals surface area contributed by atoms with Crippen LogP contribution in [0.4, 0.5) is 0 Å². The van der Waals surface area contributed by atoms with Crippen molar-refractivity contribution in [3.8, 4) is 5.75 Å². The maximum atomic E-state index is 12.5. The first-order chi connectivity index (χ1) is 18.7. The van der Waals surface area contributed by atoms with E-state index in [1.54, 1.807) is 0 Å². The van der Waals surface area contributed by atoms with Crippen LogP contribution in [0.3, 0.4) is 0 Å². The maximum Gasteiger partial charge on any atom is 0.193 e. The third-order valence-electron chi connectivity index (χ3n) is 7.50. The normalized spacial score (nSPS) is 11.2. The van der Waals surface area contributed by atoms with Gasteiger partial charge in [0, 0.05) is 17.7 Å². The molecule has 3 heteroatoms. The predicted octanol–water partition coefficient (Wildman–Crippen LogP) is 9.88. The molecule has 0 bridgehead atoms. The highest BCUT2D eigenvalue weighted by Gasteiger charge is 2.08. The first-order valence-corrected chi connectivity index (χ1v) is 15.7. The number of rotatable bonds is 24. The second-order valence-corrected chi connectivity index (χ2v) is 11.0. The summed E-state index contributed by atoms with van der Waals surface area (Å²) in [4.78, 5) is 14.9. The van der Waals surface area contributed by atoms with Crippen molar-refractivity contribution in [2.24, 2.45) is 0 Å². The lowest BCUT2D eigenvalue weighted by atomic mass is 10.0. The number of hydrogen-bond acceptors (Lipinski definition) is 3. The smallest absolute Gasteiger partial charge is 0.193 e. The Morgan fingerprint density at radius 3 is 1.55 bits per heavy atom. The summed E-state index contributed by atoms with van der Waals surface area (Å²) in [5.41, 5.74) is 1.41. The second-order valence-electron chi connectivity index (χ2n) is 11.0. The van der Waals surface area contributed by atoms with E-state index < -0.39 is 0 Å². The molecule has 2 aromatic rings. The topological polar surface area (TPSA) is 29.5 Å². The molecular formula is C35H55NO2. The van der Waals surface area contributed by atoms with Gasteiger partial charge in [-0.1, -0.05) is 134 Å². The van der Waals surface area contributed by atoms with Gasteiger partial charge in [0.1, 0.15) is 5.75 Å². The monoisotopic (exact) mass is 521 g/mol. The number of ketones is 1. The zero-order chi connectivity index (χ0) is 27.1. The quantitative estimate of drug-likeness (QED) is 0.102. The minimum absolute atomic E-state index is 0.0489. The summed E-state index contributed by atoms with van der Waals surface area (Å²) >= 11 is 0. The molecular weight excluding hydrogens is 466 g/mol. The molecule has 38 heavy (non-hydrogen) atoms. The molecule has 0 spiro atoms. The van der Waals surface area contributed by atoms with Crippen LogP contribution in [-0.2, 0) is 0 Å². The van der Waals surface area contributed by atoms with Crippen molar-refractivity contribution >= 4 is 5.78 Å². The second kappa shape index (κ2) is 21.8. The Morgan fingerprint density at radius 2 is 1.03 bits per heavy atom. The standard InChI is InChI=1S/C35H55NO2/c1-3-4-5-6-7-8-9-10-11-12-13-14-15-16-17-21-29-36(2)30-22-31-38-34-27-25-33(26-28-34)35(37)32-23-19-18-20-24-32/h18-20,23-28H,3-17,21-22,29-31H2,1-2H3. The van der Waals surface area contributed by atoms with Gasteiger partial charge in [0.2, 0.25) is 0 Å². The number of carbonyl (C=O) groups is 1. The highest BCUT2D eigenvalue weighted by atomic mass is 16.5. The van der Waals surface area contributed by atoms with E-state index in [-0.39, 0.29) is 5.78 Å². The molecule has 0 unspecified atom stereocenters. The number of ether oxygens (including phenoxy) is 1. The maximum absolute atomic E-state index is 12.5. The molecule has 2 rings (SSSR count). The largest absolute Gasteiger partial charge is 0.494 e. The summed E-state index contributed by atoms with van der Waals surface area (Å²) in [6, 6.07) is 16.9. The van der Waals surface area contributed by atoms with Crippen LogP contribution in [0, 0.1) is 0 Å². The number of unbranched alkanes of at least 4 members (excludes halogenated alkanes) is 15. The van der Waals surface area contributed by atoms with E-state index >= 15 is 0 Å². The number of carbonyl (C=O) groups excluding carboxylic acids is 1. The Labute approximate surface area is 234 Å². The van der Waals surface area contributed by atoms with Crippen molar-refractivity contribution in [1.82, 2.24) is 4.90 Å². The Kier molecular flexibility index (Phi) is 18.4. The van der Waals surface area contributed by atoms with Gasteiger partial charge in [0.15, 0.2) is 5.78 Å². The fourth-order valence-electron chi connectivity index (χ4n) is 5.02. The molecule has 2 aromatic carbocycles. The van der Waals surface area contributed by atoms with E-state index in [0.29, 0.717) is 17.7 Å². The predicted molar refractivity (Wildman–Crippen MR) is 163 cm³/mol. The molecule has 0 fully saturated rings. The lowest BCUT2D eigenvalue weighted by Gasteiger charge is -2.16. The third kappa shape index (κ3) is 15.3. The van der Waals surface area contributed by atoms with E-state index in [4.69, 9.17) is 4.74 Å². The minimum Gasteiger partial charge on any atom is -0.494 e. The average Bonchev–Trinajstić information content (AvgIpc) is 2.95. The van der Waals surface area contributed by atoms with Crippen LogP contribution in [0.1, 0.15) is 132 Å². The van der Waals surface area contributed by atoms with Crippen LogP contribution in [0.5, 0.6) is 5.75 Å². The Morgan fingerprint density at radius 1 is 0.579 bits per heavy atom. The van der Waals surface area contributed by atoms with Gasteiger partial charge in [-0.05, 0) is 50.7 Å². The molecule has 0 amide bonds. The molecule has 0 aliphatic heterocycles. The SMILES string of the molecule is CCCCCCCCCCCCCCCCCCN(C)CCCOc1ccc(C(=O)c2ccccc2)cc1. The van der Waals surface area contributed by atoms with Gasteiger partial charge in [0.05, 0.1) is 6.61 Å². The summed E-state index contributed by atoms with van der Waals surface area (Å²) in [5, 5.41) is 0. The third-order valence-corrected chi connectivity index (χ3v) is 7.50. The molecule has 0 aromatic heterocycles. The summed E-state index contributed by atoms with van der Waals surface area (Å²) in [7, 11) is 2.22. The molecule has 0 heterocycles. The van der Waals surface area contributed by atoms with E-state index in [0.717, 1.165) is 18.7 Å². The van der Waals surface area contributed by atoms with Crippen LogP contribution in [0.15, 0.2) is 54.6 Å². The zero-order valence-electron chi connectivity index (χ0n) is 24.6. The van der Waals surface area contributed by atoms with Crippen molar-refractivity contribution in [3.05, 3.63) is 65.7 Å². The lowest BCUT2D eigenvalue weighted by Crippen LogP contribution is -2.22. The van der Waals surface area contributed by atoms with Gasteiger partial charge < -0.3 is 9.64 Å². The first kappa shape index (κ1) is 32.1. The van der Waals surface area contributed by atoms with Crippen LogP contribution in [0.2, 0.25) is 0 Å². The molecule has 0 atom stereocenters. The van der Waals surface area contributed by atoms with Crippen LogP contribution in [0.25, 0.3) is 0 Å². The van der Waals surface area contributed by atoms with Gasteiger partial charge in [-0.15, -0.1) is 0 Å².